The van der Waals surface area contributed by atoms with E-state index in [2.05, 4.69) is 0 Å². The van der Waals surface area contributed by atoms with Crippen molar-refractivity contribution in [3.8, 4) is 0 Å². The Morgan fingerprint density at radius 1 is 1.40 bits per heavy atom. The second-order valence-corrected chi connectivity index (χ2v) is 3.39. The maximum atomic E-state index is 11.3. The monoisotopic (exact) mass is 207 g/mol. The van der Waals surface area contributed by atoms with E-state index in [-0.39, 0.29) is 17.9 Å². The molecule has 80 valence electrons. The predicted molar refractivity (Wildman–Crippen MR) is 56.0 cm³/mol. The minimum absolute atomic E-state index is 0.0927. The number of carbonyl (C=O) groups excluding carboxylic acids is 1. The van der Waals surface area contributed by atoms with Crippen molar-refractivity contribution in [2.75, 3.05) is 0 Å². The number of aryl methyl sites for hydroxylation is 1. The van der Waals surface area contributed by atoms with Crippen LogP contribution in [-0.2, 0) is 6.54 Å². The molecule has 0 atom stereocenters. The largest absolute Gasteiger partial charge is 0.478 e. The van der Waals surface area contributed by atoms with Gasteiger partial charge in [0.2, 0.25) is 0 Å². The van der Waals surface area contributed by atoms with Crippen molar-refractivity contribution in [1.29, 1.82) is 0 Å². The van der Waals surface area contributed by atoms with Gasteiger partial charge in [-0.15, -0.1) is 0 Å². The summed E-state index contributed by atoms with van der Waals surface area (Å²) >= 11 is 0. The van der Waals surface area contributed by atoms with Gasteiger partial charge in [0.1, 0.15) is 0 Å². The van der Waals surface area contributed by atoms with Crippen molar-refractivity contribution >= 4 is 11.8 Å². The van der Waals surface area contributed by atoms with Crippen LogP contribution in [0.4, 0.5) is 0 Å². The Kier molecular flexibility index (Phi) is 3.21. The van der Waals surface area contributed by atoms with Crippen molar-refractivity contribution in [2.45, 2.75) is 20.4 Å². The SMILES string of the molecule is CC(=O)c1c(C)cc(C(=O)O)cc1CN. The first kappa shape index (κ1) is 11.4. The van der Waals surface area contributed by atoms with E-state index in [0.717, 1.165) is 0 Å². The molecule has 1 aromatic carbocycles. The Morgan fingerprint density at radius 3 is 2.40 bits per heavy atom. The third-order valence-electron chi connectivity index (χ3n) is 2.24. The summed E-state index contributed by atoms with van der Waals surface area (Å²) in [6.45, 7) is 3.32. The number of ketones is 1. The van der Waals surface area contributed by atoms with Crippen LogP contribution < -0.4 is 5.73 Å². The normalized spacial score (nSPS) is 10.1. The van der Waals surface area contributed by atoms with Gasteiger partial charge in [0.25, 0.3) is 0 Å². The second kappa shape index (κ2) is 4.23. The molecular formula is C11H13NO3. The molecule has 0 bridgehead atoms. The first-order chi connectivity index (χ1) is 6.97. The molecule has 4 nitrogen and oxygen atoms in total. The lowest BCUT2D eigenvalue weighted by Gasteiger charge is -2.09. The second-order valence-electron chi connectivity index (χ2n) is 3.39. The Hall–Kier alpha value is -1.68. The number of hydrogen-bond acceptors (Lipinski definition) is 3. The maximum Gasteiger partial charge on any atom is 0.335 e. The highest BCUT2D eigenvalue weighted by Crippen LogP contribution is 2.17. The van der Waals surface area contributed by atoms with Crippen molar-refractivity contribution in [3.63, 3.8) is 0 Å². The molecule has 3 N–H and O–H groups in total. The van der Waals surface area contributed by atoms with E-state index < -0.39 is 5.97 Å². The lowest BCUT2D eigenvalue weighted by Crippen LogP contribution is -2.10. The van der Waals surface area contributed by atoms with Crippen molar-refractivity contribution in [3.05, 3.63) is 34.4 Å². The number of Topliss-reactive ketones (excluding diaryl/α,β-unsaturated/α-hetero) is 1. The fraction of sp³-hybridized carbons (Fsp3) is 0.273. The molecule has 0 aliphatic heterocycles. The summed E-state index contributed by atoms with van der Waals surface area (Å²) in [4.78, 5) is 22.1. The molecule has 0 heterocycles. The summed E-state index contributed by atoms with van der Waals surface area (Å²) in [6.07, 6.45) is 0. The van der Waals surface area contributed by atoms with Crippen LogP contribution in [0.1, 0.15) is 38.8 Å². The van der Waals surface area contributed by atoms with E-state index in [1.165, 1.54) is 19.1 Å². The third-order valence-corrected chi connectivity index (χ3v) is 2.24. The van der Waals surface area contributed by atoms with E-state index >= 15 is 0 Å². The minimum atomic E-state index is -1.01. The number of hydrogen-bond donors (Lipinski definition) is 2. The van der Waals surface area contributed by atoms with E-state index in [9.17, 15) is 9.59 Å². The lowest BCUT2D eigenvalue weighted by molar-refractivity contribution is 0.0696. The van der Waals surface area contributed by atoms with Crippen LogP contribution >= 0.6 is 0 Å². The van der Waals surface area contributed by atoms with E-state index in [0.29, 0.717) is 16.7 Å². The minimum Gasteiger partial charge on any atom is -0.478 e. The van der Waals surface area contributed by atoms with Crippen LogP contribution in [0.2, 0.25) is 0 Å². The Balaban J connectivity index is 3.43. The summed E-state index contributed by atoms with van der Waals surface area (Å²) in [5, 5.41) is 8.83. The highest BCUT2D eigenvalue weighted by atomic mass is 16.4. The molecule has 1 rings (SSSR count). The van der Waals surface area contributed by atoms with Crippen LogP contribution in [-0.4, -0.2) is 16.9 Å². The summed E-state index contributed by atoms with van der Waals surface area (Å²) in [5.41, 5.74) is 7.41. The van der Waals surface area contributed by atoms with Gasteiger partial charge >= 0.3 is 5.97 Å². The van der Waals surface area contributed by atoms with Gasteiger partial charge in [-0.1, -0.05) is 0 Å². The molecule has 0 unspecified atom stereocenters. The first-order valence-corrected chi connectivity index (χ1v) is 4.55. The van der Waals surface area contributed by atoms with Crippen LogP contribution in [0.3, 0.4) is 0 Å². The highest BCUT2D eigenvalue weighted by molar-refractivity contribution is 5.98. The lowest BCUT2D eigenvalue weighted by atomic mass is 9.96. The highest BCUT2D eigenvalue weighted by Gasteiger charge is 2.13. The van der Waals surface area contributed by atoms with Crippen LogP contribution in [0.25, 0.3) is 0 Å². The molecule has 0 aliphatic carbocycles. The van der Waals surface area contributed by atoms with Crippen molar-refractivity contribution < 1.29 is 14.7 Å². The molecular weight excluding hydrogens is 194 g/mol. The zero-order chi connectivity index (χ0) is 11.6. The molecule has 0 spiro atoms. The molecule has 0 aromatic heterocycles. The number of carboxylic acids is 1. The Bertz CT molecular complexity index is 424. The number of nitrogens with two attached hydrogens (primary N) is 1. The van der Waals surface area contributed by atoms with Crippen LogP contribution in [0.15, 0.2) is 12.1 Å². The molecule has 0 aliphatic rings. The van der Waals surface area contributed by atoms with Crippen molar-refractivity contribution in [2.24, 2.45) is 5.73 Å². The van der Waals surface area contributed by atoms with E-state index in [1.54, 1.807) is 6.92 Å². The molecule has 0 fully saturated rings. The predicted octanol–water partition coefficient (Wildman–Crippen LogP) is 1.35. The van der Waals surface area contributed by atoms with Gasteiger partial charge in [0.05, 0.1) is 5.56 Å². The van der Waals surface area contributed by atoms with Gasteiger partial charge in [-0.05, 0) is 37.1 Å². The summed E-state index contributed by atoms with van der Waals surface area (Å²) in [7, 11) is 0. The quantitative estimate of drug-likeness (QED) is 0.733. The fourth-order valence-corrected chi connectivity index (χ4v) is 1.65. The molecule has 0 amide bonds. The van der Waals surface area contributed by atoms with E-state index in [4.69, 9.17) is 10.8 Å². The van der Waals surface area contributed by atoms with E-state index in [1.807, 2.05) is 0 Å². The molecule has 4 heteroatoms. The van der Waals surface area contributed by atoms with Crippen LogP contribution in [0, 0.1) is 6.92 Å². The number of rotatable bonds is 3. The molecule has 1 aromatic rings. The summed E-state index contributed by atoms with van der Waals surface area (Å²) < 4.78 is 0. The zero-order valence-corrected chi connectivity index (χ0v) is 8.70. The number of aromatic carboxylic acids is 1. The molecule has 0 radical (unpaired) electrons. The standard InChI is InChI=1S/C11H13NO3/c1-6-3-8(11(14)15)4-9(5-12)10(6)7(2)13/h3-4H,5,12H2,1-2H3,(H,14,15). The number of benzene rings is 1. The van der Waals surface area contributed by atoms with Gasteiger partial charge in [-0.2, -0.15) is 0 Å². The van der Waals surface area contributed by atoms with Gasteiger partial charge in [-0.3, -0.25) is 4.79 Å². The number of carboxylic acid groups (broad SMARTS) is 1. The zero-order valence-electron chi connectivity index (χ0n) is 8.70. The van der Waals surface area contributed by atoms with Gasteiger partial charge < -0.3 is 10.8 Å². The number of carbonyl (C=O) groups is 2. The van der Waals surface area contributed by atoms with Gasteiger partial charge in [0.15, 0.2) is 5.78 Å². The maximum absolute atomic E-state index is 11.3. The molecule has 15 heavy (non-hydrogen) atoms. The fourth-order valence-electron chi connectivity index (χ4n) is 1.65. The van der Waals surface area contributed by atoms with Crippen LogP contribution in [0.5, 0.6) is 0 Å². The smallest absolute Gasteiger partial charge is 0.335 e. The first-order valence-electron chi connectivity index (χ1n) is 4.55. The van der Waals surface area contributed by atoms with Gasteiger partial charge in [0, 0.05) is 12.1 Å². The Morgan fingerprint density at radius 2 is 2.00 bits per heavy atom. The topological polar surface area (TPSA) is 80.4 Å². The average molecular weight is 207 g/mol. The van der Waals surface area contributed by atoms with Gasteiger partial charge in [-0.25, -0.2) is 4.79 Å². The molecule has 0 saturated heterocycles. The molecule has 0 saturated carbocycles. The Labute approximate surface area is 87.7 Å². The summed E-state index contributed by atoms with van der Waals surface area (Å²) in [5.74, 6) is -1.10. The average Bonchev–Trinajstić information content (AvgIpc) is 2.15. The van der Waals surface area contributed by atoms with Crippen molar-refractivity contribution in [1.82, 2.24) is 0 Å². The third kappa shape index (κ3) is 2.22. The summed E-state index contributed by atoms with van der Waals surface area (Å²) in [6, 6.07) is 2.93.